The molecule has 0 saturated carbocycles. The van der Waals surface area contributed by atoms with Crippen LogP contribution >= 0.6 is 0 Å². The maximum Gasteiger partial charge on any atom is 0.180 e. The number of carbonyl (C=O) groups excluding carboxylic acids is 1. The molecular formula is C28H30N2O3. The first kappa shape index (κ1) is 21.4. The van der Waals surface area contributed by atoms with Crippen molar-refractivity contribution in [2.75, 3.05) is 14.2 Å². The number of benzene rings is 2. The largest absolute Gasteiger partial charge is 0.497 e. The standard InChI is InChI=1S/C28H30N2O3/c1-4-7-25(31)27-26(20-11-15-22(33-3)16-12-20)23-8-5-6-17-29-24(18-30(27)28(23)29)19-9-13-21(32-2)14-10-19/h9-16,18H,4-8,17H2,1-3H3. The molecule has 0 radical (unpaired) electrons. The fraction of sp³-hybridized carbons (Fsp3) is 0.321. The van der Waals surface area contributed by atoms with Crippen molar-refractivity contribution in [3.63, 3.8) is 0 Å². The summed E-state index contributed by atoms with van der Waals surface area (Å²) < 4.78 is 15.3. The van der Waals surface area contributed by atoms with Crippen LogP contribution in [0.5, 0.6) is 11.5 Å². The average Bonchev–Trinajstić information content (AvgIpc) is 3.27. The summed E-state index contributed by atoms with van der Waals surface area (Å²) in [5.41, 5.74) is 7.68. The smallest absolute Gasteiger partial charge is 0.180 e. The van der Waals surface area contributed by atoms with Gasteiger partial charge in [0.25, 0.3) is 0 Å². The molecule has 0 aliphatic carbocycles. The molecule has 0 saturated heterocycles. The van der Waals surface area contributed by atoms with Crippen LogP contribution in [0.4, 0.5) is 0 Å². The third kappa shape index (κ3) is 3.62. The van der Waals surface area contributed by atoms with E-state index in [2.05, 4.69) is 46.4 Å². The van der Waals surface area contributed by atoms with Crippen LogP contribution in [0.15, 0.2) is 54.7 Å². The monoisotopic (exact) mass is 442 g/mol. The Morgan fingerprint density at radius 1 is 0.909 bits per heavy atom. The lowest BCUT2D eigenvalue weighted by Gasteiger charge is -2.10. The first-order chi connectivity index (χ1) is 16.2. The third-order valence-corrected chi connectivity index (χ3v) is 6.64. The molecule has 2 aromatic heterocycles. The predicted octanol–water partition coefficient (Wildman–Crippen LogP) is 6.41. The minimum atomic E-state index is 0.198. The van der Waals surface area contributed by atoms with Crippen LogP contribution in [0.1, 0.15) is 48.7 Å². The molecule has 3 heterocycles. The van der Waals surface area contributed by atoms with Crippen LogP contribution in [0.2, 0.25) is 0 Å². The van der Waals surface area contributed by atoms with Gasteiger partial charge >= 0.3 is 0 Å². The molecule has 0 N–H and O–H groups in total. The van der Waals surface area contributed by atoms with E-state index in [0.29, 0.717) is 6.42 Å². The van der Waals surface area contributed by atoms with Gasteiger partial charge in [-0.25, -0.2) is 0 Å². The first-order valence-corrected chi connectivity index (χ1v) is 11.7. The van der Waals surface area contributed by atoms with Crippen molar-refractivity contribution >= 4 is 11.4 Å². The maximum absolute atomic E-state index is 13.5. The molecule has 0 unspecified atom stereocenters. The highest BCUT2D eigenvalue weighted by Gasteiger charge is 2.29. The zero-order valence-corrected chi connectivity index (χ0v) is 19.6. The second-order valence-corrected chi connectivity index (χ2v) is 8.65. The van der Waals surface area contributed by atoms with E-state index in [4.69, 9.17) is 9.47 Å². The molecule has 5 nitrogen and oxygen atoms in total. The molecule has 4 aromatic rings. The molecule has 5 rings (SSSR count). The Hall–Kier alpha value is -3.47. The molecular weight excluding hydrogens is 412 g/mol. The van der Waals surface area contributed by atoms with Crippen molar-refractivity contribution in [1.82, 2.24) is 8.97 Å². The van der Waals surface area contributed by atoms with Crippen LogP contribution in [-0.2, 0) is 13.0 Å². The summed E-state index contributed by atoms with van der Waals surface area (Å²) in [6, 6.07) is 16.3. The molecule has 170 valence electrons. The quantitative estimate of drug-likeness (QED) is 0.311. The Morgan fingerprint density at radius 3 is 2.15 bits per heavy atom. The van der Waals surface area contributed by atoms with Gasteiger partial charge in [0.05, 0.1) is 25.6 Å². The summed E-state index contributed by atoms with van der Waals surface area (Å²) >= 11 is 0. The number of ketones is 1. The zero-order valence-electron chi connectivity index (χ0n) is 19.6. The van der Waals surface area contributed by atoms with Crippen LogP contribution in [0.25, 0.3) is 28.0 Å². The van der Waals surface area contributed by atoms with E-state index in [1.807, 2.05) is 24.3 Å². The molecule has 0 fully saturated rings. The average molecular weight is 443 g/mol. The fourth-order valence-electron chi connectivity index (χ4n) is 5.07. The predicted molar refractivity (Wildman–Crippen MR) is 132 cm³/mol. The van der Waals surface area contributed by atoms with Crippen LogP contribution in [-0.4, -0.2) is 29.0 Å². The van der Waals surface area contributed by atoms with E-state index >= 15 is 0 Å². The Balaban J connectivity index is 1.78. The number of aryl methyl sites for hydroxylation is 2. The van der Waals surface area contributed by atoms with Gasteiger partial charge in [0.1, 0.15) is 17.1 Å². The fourth-order valence-corrected chi connectivity index (χ4v) is 5.07. The summed E-state index contributed by atoms with van der Waals surface area (Å²) in [5.74, 6) is 1.86. The summed E-state index contributed by atoms with van der Waals surface area (Å²) in [5, 5.41) is 0. The van der Waals surface area contributed by atoms with Gasteiger partial charge in [-0.05, 0) is 73.2 Å². The minimum Gasteiger partial charge on any atom is -0.497 e. The summed E-state index contributed by atoms with van der Waals surface area (Å²) in [6.45, 7) is 3.01. The zero-order chi connectivity index (χ0) is 22.9. The van der Waals surface area contributed by atoms with E-state index in [1.54, 1.807) is 14.2 Å². The number of hydrogen-bond acceptors (Lipinski definition) is 3. The van der Waals surface area contributed by atoms with Gasteiger partial charge in [0.2, 0.25) is 0 Å². The molecule has 0 spiro atoms. The van der Waals surface area contributed by atoms with Crippen LogP contribution in [0, 0.1) is 0 Å². The highest BCUT2D eigenvalue weighted by Crippen LogP contribution is 2.40. The molecule has 5 heteroatoms. The van der Waals surface area contributed by atoms with Gasteiger partial charge in [-0.2, -0.15) is 0 Å². The number of nitrogens with zero attached hydrogens (tertiary/aromatic N) is 2. The molecule has 33 heavy (non-hydrogen) atoms. The van der Waals surface area contributed by atoms with E-state index in [0.717, 1.165) is 77.5 Å². The first-order valence-electron chi connectivity index (χ1n) is 11.7. The van der Waals surface area contributed by atoms with E-state index < -0.39 is 0 Å². The molecule has 0 amide bonds. The topological polar surface area (TPSA) is 44.9 Å². The summed E-state index contributed by atoms with van der Waals surface area (Å²) in [4.78, 5) is 13.5. The van der Waals surface area contributed by atoms with Crippen molar-refractivity contribution in [1.29, 1.82) is 0 Å². The second-order valence-electron chi connectivity index (χ2n) is 8.65. The van der Waals surface area contributed by atoms with Crippen molar-refractivity contribution in [3.8, 4) is 33.9 Å². The van der Waals surface area contributed by atoms with Crippen molar-refractivity contribution in [2.45, 2.75) is 45.6 Å². The molecule has 2 aromatic carbocycles. The Kier molecular flexibility index (Phi) is 5.71. The van der Waals surface area contributed by atoms with Gasteiger partial charge in [-0.3, -0.25) is 9.20 Å². The Labute approximate surface area is 194 Å². The molecule has 1 aliphatic heterocycles. The van der Waals surface area contributed by atoms with E-state index in [9.17, 15) is 4.79 Å². The second kappa shape index (κ2) is 8.81. The highest BCUT2D eigenvalue weighted by molar-refractivity contribution is 6.04. The van der Waals surface area contributed by atoms with Gasteiger partial charge in [-0.1, -0.05) is 19.1 Å². The molecule has 1 aliphatic rings. The number of methoxy groups -OCH3 is 2. The lowest BCUT2D eigenvalue weighted by atomic mass is 9.95. The van der Waals surface area contributed by atoms with Crippen molar-refractivity contribution in [3.05, 3.63) is 66.0 Å². The van der Waals surface area contributed by atoms with Gasteiger partial charge in [0, 0.05) is 30.3 Å². The lowest BCUT2D eigenvalue weighted by Crippen LogP contribution is -2.04. The number of carbonyl (C=O) groups is 1. The summed E-state index contributed by atoms with van der Waals surface area (Å²) in [6.07, 6.45) is 6.71. The number of Topliss-reactive ketones (excluding diaryl/α,β-unsaturated/α-hetero) is 1. The van der Waals surface area contributed by atoms with Crippen LogP contribution in [0.3, 0.4) is 0 Å². The van der Waals surface area contributed by atoms with Crippen LogP contribution < -0.4 is 9.47 Å². The molecule has 0 bridgehead atoms. The van der Waals surface area contributed by atoms with E-state index in [-0.39, 0.29) is 5.78 Å². The van der Waals surface area contributed by atoms with Gasteiger partial charge in [-0.15, -0.1) is 0 Å². The number of hydrogen-bond donors (Lipinski definition) is 0. The Bertz CT molecular complexity index is 1290. The number of aromatic nitrogens is 2. The maximum atomic E-state index is 13.5. The number of ether oxygens (including phenoxy) is 2. The highest BCUT2D eigenvalue weighted by atomic mass is 16.5. The summed E-state index contributed by atoms with van der Waals surface area (Å²) in [7, 11) is 3.36. The van der Waals surface area contributed by atoms with Gasteiger partial charge < -0.3 is 14.0 Å². The Morgan fingerprint density at radius 2 is 1.55 bits per heavy atom. The molecule has 0 atom stereocenters. The number of imidazole rings is 1. The third-order valence-electron chi connectivity index (χ3n) is 6.64. The number of rotatable bonds is 7. The van der Waals surface area contributed by atoms with E-state index in [1.165, 1.54) is 5.56 Å². The lowest BCUT2D eigenvalue weighted by molar-refractivity contribution is 0.0977. The van der Waals surface area contributed by atoms with Crippen molar-refractivity contribution < 1.29 is 14.3 Å². The normalized spacial score (nSPS) is 13.2. The minimum absolute atomic E-state index is 0.198. The van der Waals surface area contributed by atoms with Crippen molar-refractivity contribution in [2.24, 2.45) is 0 Å². The van der Waals surface area contributed by atoms with Gasteiger partial charge in [0.15, 0.2) is 5.78 Å². The SMILES string of the molecule is CCCC(=O)c1c(-c2ccc(OC)cc2)c2c3n(c(-c4ccc(OC)cc4)cn13)CCCC2.